The molecule has 106 valence electrons. The smallest absolute Gasteiger partial charge is 0.305 e. The molecular weight excluding hydrogens is 266 g/mol. The first kappa shape index (κ1) is 13.3. The first-order chi connectivity index (χ1) is 10.2. The van der Waals surface area contributed by atoms with E-state index in [-0.39, 0.29) is 6.42 Å². The van der Waals surface area contributed by atoms with Crippen LogP contribution in [0.15, 0.2) is 48.8 Å². The normalized spacial score (nSPS) is 10.9. The topological polar surface area (TPSA) is 68.0 Å². The van der Waals surface area contributed by atoms with Crippen LogP contribution in [0, 0.1) is 0 Å². The molecule has 0 amide bonds. The zero-order valence-corrected chi connectivity index (χ0v) is 11.4. The average molecular weight is 281 g/mol. The van der Waals surface area contributed by atoms with Gasteiger partial charge in [-0.3, -0.25) is 9.78 Å². The number of aliphatic carboxylic acids is 1. The third-order valence-corrected chi connectivity index (χ3v) is 3.37. The number of aromatic nitrogens is 3. The quantitative estimate of drug-likeness (QED) is 0.780. The highest BCUT2D eigenvalue weighted by molar-refractivity contribution is 5.76. The summed E-state index contributed by atoms with van der Waals surface area (Å²) < 4.78 is 1.98. The van der Waals surface area contributed by atoms with E-state index in [4.69, 9.17) is 5.11 Å². The second-order valence-corrected chi connectivity index (χ2v) is 4.85. The number of hydrogen-bond acceptors (Lipinski definition) is 3. The molecule has 0 atom stereocenters. The van der Waals surface area contributed by atoms with Gasteiger partial charge < -0.3 is 9.67 Å². The lowest BCUT2D eigenvalue weighted by atomic mass is 10.2. The van der Waals surface area contributed by atoms with E-state index in [1.165, 1.54) is 0 Å². The zero-order valence-electron chi connectivity index (χ0n) is 11.4. The number of pyridine rings is 1. The summed E-state index contributed by atoms with van der Waals surface area (Å²) in [6, 6.07) is 11.7. The van der Waals surface area contributed by atoms with Crippen molar-refractivity contribution >= 4 is 17.0 Å². The first-order valence-electron chi connectivity index (χ1n) is 6.79. The Kier molecular flexibility index (Phi) is 3.64. The summed E-state index contributed by atoms with van der Waals surface area (Å²) in [7, 11) is 0. The van der Waals surface area contributed by atoms with Crippen molar-refractivity contribution in [3.8, 4) is 0 Å². The van der Waals surface area contributed by atoms with Crippen LogP contribution in [0.25, 0.3) is 11.0 Å². The van der Waals surface area contributed by atoms with E-state index < -0.39 is 5.97 Å². The van der Waals surface area contributed by atoms with E-state index in [1.807, 2.05) is 41.0 Å². The molecule has 5 nitrogen and oxygen atoms in total. The predicted molar refractivity (Wildman–Crippen MR) is 79.0 cm³/mol. The van der Waals surface area contributed by atoms with Crippen molar-refractivity contribution < 1.29 is 9.90 Å². The van der Waals surface area contributed by atoms with Gasteiger partial charge >= 0.3 is 5.97 Å². The zero-order chi connectivity index (χ0) is 14.7. The fourth-order valence-electron chi connectivity index (χ4n) is 2.40. The molecule has 1 N–H and O–H groups in total. The van der Waals surface area contributed by atoms with Crippen molar-refractivity contribution in [2.24, 2.45) is 0 Å². The fraction of sp³-hybridized carbons (Fsp3) is 0.188. The van der Waals surface area contributed by atoms with E-state index in [1.54, 1.807) is 12.4 Å². The standard InChI is InChI=1S/C16H15N3O2/c20-16(21)7-9-19-14-6-2-1-5-13(14)18-15(19)10-12-4-3-8-17-11-12/h1-6,8,11H,7,9-10H2,(H,20,21). The number of imidazole rings is 1. The van der Waals surface area contributed by atoms with Crippen molar-refractivity contribution in [2.75, 3.05) is 0 Å². The molecule has 0 aliphatic heterocycles. The minimum Gasteiger partial charge on any atom is -0.481 e. The second-order valence-electron chi connectivity index (χ2n) is 4.85. The molecule has 3 rings (SSSR count). The van der Waals surface area contributed by atoms with Gasteiger partial charge in [0.05, 0.1) is 17.5 Å². The van der Waals surface area contributed by atoms with Crippen molar-refractivity contribution in [3.05, 3.63) is 60.2 Å². The largest absolute Gasteiger partial charge is 0.481 e. The molecule has 0 radical (unpaired) electrons. The summed E-state index contributed by atoms with van der Waals surface area (Å²) in [5.41, 5.74) is 2.92. The number of rotatable bonds is 5. The number of hydrogen-bond donors (Lipinski definition) is 1. The maximum absolute atomic E-state index is 10.9. The molecule has 1 aromatic carbocycles. The van der Waals surface area contributed by atoms with Crippen molar-refractivity contribution in [1.29, 1.82) is 0 Å². The van der Waals surface area contributed by atoms with Crippen LogP contribution >= 0.6 is 0 Å². The van der Waals surface area contributed by atoms with E-state index >= 15 is 0 Å². The van der Waals surface area contributed by atoms with E-state index in [0.717, 1.165) is 22.4 Å². The summed E-state index contributed by atoms with van der Waals surface area (Å²) in [4.78, 5) is 19.6. The Morgan fingerprint density at radius 1 is 1.19 bits per heavy atom. The van der Waals surface area contributed by atoms with Crippen LogP contribution in [0.4, 0.5) is 0 Å². The third-order valence-electron chi connectivity index (χ3n) is 3.37. The highest BCUT2D eigenvalue weighted by Gasteiger charge is 2.12. The predicted octanol–water partition coefficient (Wildman–Crippen LogP) is 2.50. The molecule has 0 saturated heterocycles. The van der Waals surface area contributed by atoms with Crippen LogP contribution in [-0.2, 0) is 17.8 Å². The number of benzene rings is 1. The molecule has 0 fully saturated rings. The molecule has 0 bridgehead atoms. The van der Waals surface area contributed by atoms with Crippen LogP contribution < -0.4 is 0 Å². The van der Waals surface area contributed by atoms with Crippen molar-refractivity contribution in [3.63, 3.8) is 0 Å². The highest BCUT2D eigenvalue weighted by Crippen LogP contribution is 2.18. The Hall–Kier alpha value is -2.69. The lowest BCUT2D eigenvalue weighted by Gasteiger charge is -2.07. The molecule has 2 aromatic heterocycles. The Morgan fingerprint density at radius 3 is 2.81 bits per heavy atom. The molecule has 0 spiro atoms. The van der Waals surface area contributed by atoms with Gasteiger partial charge in [-0.25, -0.2) is 4.98 Å². The van der Waals surface area contributed by atoms with Gasteiger partial charge in [-0.15, -0.1) is 0 Å². The van der Waals surface area contributed by atoms with Crippen LogP contribution in [0.2, 0.25) is 0 Å². The number of para-hydroxylation sites is 2. The summed E-state index contributed by atoms with van der Waals surface area (Å²) in [5.74, 6) is 0.0607. The highest BCUT2D eigenvalue weighted by atomic mass is 16.4. The number of aryl methyl sites for hydroxylation is 1. The van der Waals surface area contributed by atoms with Crippen LogP contribution in [-0.4, -0.2) is 25.6 Å². The molecule has 5 heteroatoms. The van der Waals surface area contributed by atoms with Gasteiger partial charge in [0.25, 0.3) is 0 Å². The van der Waals surface area contributed by atoms with Gasteiger partial charge in [0.1, 0.15) is 5.82 Å². The van der Waals surface area contributed by atoms with Gasteiger partial charge in [0.2, 0.25) is 0 Å². The minimum atomic E-state index is -0.805. The molecule has 21 heavy (non-hydrogen) atoms. The summed E-state index contributed by atoms with van der Waals surface area (Å²) in [6.07, 6.45) is 4.26. The Labute approximate surface area is 121 Å². The van der Waals surface area contributed by atoms with Gasteiger partial charge in [-0.1, -0.05) is 18.2 Å². The molecule has 0 unspecified atom stereocenters. The first-order valence-corrected chi connectivity index (χ1v) is 6.79. The number of carbonyl (C=O) groups is 1. The van der Waals surface area contributed by atoms with Gasteiger partial charge in [0, 0.05) is 25.4 Å². The summed E-state index contributed by atoms with van der Waals surface area (Å²) in [6.45, 7) is 0.422. The lowest BCUT2D eigenvalue weighted by molar-refractivity contribution is -0.137. The number of fused-ring (bicyclic) bond motifs is 1. The Bertz CT molecular complexity index is 766. The monoisotopic (exact) mass is 281 g/mol. The maximum atomic E-state index is 10.9. The molecule has 0 aliphatic carbocycles. The van der Waals surface area contributed by atoms with Crippen molar-refractivity contribution in [1.82, 2.24) is 14.5 Å². The van der Waals surface area contributed by atoms with E-state index in [2.05, 4.69) is 9.97 Å². The minimum absolute atomic E-state index is 0.0837. The Balaban J connectivity index is 1.99. The lowest BCUT2D eigenvalue weighted by Crippen LogP contribution is -2.08. The number of carboxylic acid groups (broad SMARTS) is 1. The molecule has 0 saturated carbocycles. The summed E-state index contributed by atoms with van der Waals surface area (Å²) >= 11 is 0. The molecule has 0 aliphatic rings. The third kappa shape index (κ3) is 2.91. The second kappa shape index (κ2) is 5.75. The van der Waals surface area contributed by atoms with Crippen LogP contribution in [0.1, 0.15) is 17.8 Å². The maximum Gasteiger partial charge on any atom is 0.305 e. The van der Waals surface area contributed by atoms with E-state index in [0.29, 0.717) is 13.0 Å². The molecule has 2 heterocycles. The Morgan fingerprint density at radius 2 is 2.05 bits per heavy atom. The van der Waals surface area contributed by atoms with Crippen LogP contribution in [0.3, 0.4) is 0 Å². The van der Waals surface area contributed by atoms with Crippen molar-refractivity contribution in [2.45, 2.75) is 19.4 Å². The van der Waals surface area contributed by atoms with Gasteiger partial charge in [-0.05, 0) is 23.8 Å². The SMILES string of the molecule is O=C(O)CCn1c(Cc2cccnc2)nc2ccccc21. The van der Waals surface area contributed by atoms with Gasteiger partial charge in [-0.2, -0.15) is 0 Å². The fourth-order valence-corrected chi connectivity index (χ4v) is 2.40. The molecule has 3 aromatic rings. The molecular formula is C16H15N3O2. The number of carboxylic acids is 1. The summed E-state index contributed by atoms with van der Waals surface area (Å²) in [5, 5.41) is 8.92. The number of nitrogens with zero attached hydrogens (tertiary/aromatic N) is 3. The average Bonchev–Trinajstić information content (AvgIpc) is 2.83. The van der Waals surface area contributed by atoms with Gasteiger partial charge in [0.15, 0.2) is 0 Å². The van der Waals surface area contributed by atoms with Crippen LogP contribution in [0.5, 0.6) is 0 Å². The van der Waals surface area contributed by atoms with E-state index in [9.17, 15) is 4.79 Å².